The van der Waals surface area contributed by atoms with Gasteiger partial charge in [-0.25, -0.2) is 0 Å². The van der Waals surface area contributed by atoms with Crippen LogP contribution in [0.1, 0.15) is 43.4 Å². The average Bonchev–Trinajstić information content (AvgIpc) is 2.60. The molecule has 0 aliphatic carbocycles. The Bertz CT molecular complexity index is 383. The van der Waals surface area contributed by atoms with Gasteiger partial charge in [0.05, 0.1) is 5.92 Å². The zero-order valence-corrected chi connectivity index (χ0v) is 10.1. The van der Waals surface area contributed by atoms with Crippen LogP contribution in [0.2, 0.25) is 0 Å². The number of hydrogen-bond acceptors (Lipinski definition) is 2. The highest BCUT2D eigenvalue weighted by Gasteiger charge is 2.30. The Kier molecular flexibility index (Phi) is 2.95. The van der Waals surface area contributed by atoms with Crippen molar-refractivity contribution in [3.8, 4) is 0 Å². The molecule has 1 fully saturated rings. The average molecular weight is 218 g/mol. The fourth-order valence-electron chi connectivity index (χ4n) is 2.10. The van der Waals surface area contributed by atoms with Crippen molar-refractivity contribution in [2.45, 2.75) is 32.1 Å². The third-order valence-corrected chi connectivity index (χ3v) is 3.23. The molecule has 0 bridgehead atoms. The Morgan fingerprint density at radius 3 is 2.62 bits per heavy atom. The van der Waals surface area contributed by atoms with E-state index in [9.17, 15) is 4.79 Å². The molecule has 86 valence electrons. The Morgan fingerprint density at radius 2 is 2.19 bits per heavy atom. The molecule has 1 aliphatic heterocycles. The molecule has 0 radical (unpaired) electrons. The first-order valence-corrected chi connectivity index (χ1v) is 5.80. The Balaban J connectivity index is 2.19. The van der Waals surface area contributed by atoms with Crippen LogP contribution in [0.15, 0.2) is 18.3 Å². The minimum atomic E-state index is 0.0266. The summed E-state index contributed by atoms with van der Waals surface area (Å²) in [5.41, 5.74) is 2.14. The molecule has 2 heterocycles. The van der Waals surface area contributed by atoms with Crippen molar-refractivity contribution in [1.29, 1.82) is 0 Å². The molecule has 0 saturated carbocycles. The van der Waals surface area contributed by atoms with Crippen LogP contribution in [0, 0.1) is 0 Å². The van der Waals surface area contributed by atoms with Crippen molar-refractivity contribution in [1.82, 2.24) is 9.88 Å². The van der Waals surface area contributed by atoms with Gasteiger partial charge in [-0.2, -0.15) is 0 Å². The maximum Gasteiger partial charge on any atom is 0.229 e. The van der Waals surface area contributed by atoms with E-state index in [0.29, 0.717) is 5.92 Å². The number of carbonyl (C=O) groups excluding carboxylic acids is 1. The quantitative estimate of drug-likeness (QED) is 0.762. The Hall–Kier alpha value is -1.38. The molecule has 0 N–H and O–H groups in total. The predicted molar refractivity (Wildman–Crippen MR) is 63.3 cm³/mol. The second kappa shape index (κ2) is 4.24. The van der Waals surface area contributed by atoms with E-state index < -0.39 is 0 Å². The number of nitrogens with zero attached hydrogens (tertiary/aromatic N) is 2. The topological polar surface area (TPSA) is 33.2 Å². The molecule has 0 unspecified atom stereocenters. The van der Waals surface area contributed by atoms with Crippen LogP contribution in [-0.2, 0) is 4.79 Å². The van der Waals surface area contributed by atoms with Crippen molar-refractivity contribution < 1.29 is 4.79 Å². The van der Waals surface area contributed by atoms with Gasteiger partial charge < -0.3 is 4.90 Å². The van der Waals surface area contributed by atoms with Gasteiger partial charge in [0.2, 0.25) is 5.91 Å². The van der Waals surface area contributed by atoms with Gasteiger partial charge in [0.25, 0.3) is 0 Å². The van der Waals surface area contributed by atoms with Crippen molar-refractivity contribution in [2.24, 2.45) is 0 Å². The first-order valence-electron chi connectivity index (χ1n) is 5.80. The molecule has 0 spiro atoms. The van der Waals surface area contributed by atoms with E-state index in [1.807, 2.05) is 25.4 Å². The first-order chi connectivity index (χ1) is 7.59. The summed E-state index contributed by atoms with van der Waals surface area (Å²) < 4.78 is 0. The van der Waals surface area contributed by atoms with E-state index in [1.165, 1.54) is 0 Å². The third-order valence-electron chi connectivity index (χ3n) is 3.23. The Labute approximate surface area is 96.5 Å². The summed E-state index contributed by atoms with van der Waals surface area (Å²) in [6, 6.07) is 4.08. The van der Waals surface area contributed by atoms with E-state index in [4.69, 9.17) is 0 Å². The van der Waals surface area contributed by atoms with Crippen molar-refractivity contribution in [3.05, 3.63) is 29.6 Å². The van der Waals surface area contributed by atoms with Crippen LogP contribution in [0.4, 0.5) is 0 Å². The lowest BCUT2D eigenvalue weighted by Gasteiger charge is -2.11. The fraction of sp³-hybridized carbons (Fsp3) is 0.538. The van der Waals surface area contributed by atoms with Gasteiger partial charge in [0.1, 0.15) is 0 Å². The molecule has 0 aromatic carbocycles. The normalized spacial score (nSPS) is 20.9. The van der Waals surface area contributed by atoms with Gasteiger partial charge in [0.15, 0.2) is 0 Å². The number of hydrogen-bond donors (Lipinski definition) is 0. The van der Waals surface area contributed by atoms with E-state index in [-0.39, 0.29) is 11.8 Å². The van der Waals surface area contributed by atoms with Crippen LogP contribution in [0.3, 0.4) is 0 Å². The van der Waals surface area contributed by atoms with Gasteiger partial charge in [-0.1, -0.05) is 19.9 Å². The van der Waals surface area contributed by atoms with Crippen molar-refractivity contribution >= 4 is 5.91 Å². The molecule has 1 atom stereocenters. The second-order valence-electron chi connectivity index (χ2n) is 4.77. The van der Waals surface area contributed by atoms with Gasteiger partial charge in [-0.15, -0.1) is 0 Å². The van der Waals surface area contributed by atoms with Gasteiger partial charge in [0, 0.05) is 25.5 Å². The molecule has 1 amide bonds. The molecule has 1 aliphatic rings. The van der Waals surface area contributed by atoms with Crippen LogP contribution < -0.4 is 0 Å². The smallest absolute Gasteiger partial charge is 0.229 e. The van der Waals surface area contributed by atoms with Crippen LogP contribution >= 0.6 is 0 Å². The van der Waals surface area contributed by atoms with E-state index in [0.717, 1.165) is 24.2 Å². The van der Waals surface area contributed by atoms with Gasteiger partial charge in [-0.3, -0.25) is 9.78 Å². The summed E-state index contributed by atoms with van der Waals surface area (Å²) >= 11 is 0. The maximum atomic E-state index is 11.8. The predicted octanol–water partition coefficient (Wildman–Crippen LogP) is 2.15. The minimum absolute atomic E-state index is 0.0266. The summed E-state index contributed by atoms with van der Waals surface area (Å²) in [5, 5.41) is 0. The first kappa shape index (κ1) is 11.1. The third kappa shape index (κ3) is 1.94. The zero-order valence-electron chi connectivity index (χ0n) is 10.1. The van der Waals surface area contributed by atoms with E-state index >= 15 is 0 Å². The van der Waals surface area contributed by atoms with Gasteiger partial charge >= 0.3 is 0 Å². The maximum absolute atomic E-state index is 11.8. The van der Waals surface area contributed by atoms with Crippen molar-refractivity contribution in [2.75, 3.05) is 13.6 Å². The summed E-state index contributed by atoms with van der Waals surface area (Å²) in [7, 11) is 1.86. The number of amides is 1. The molecule has 16 heavy (non-hydrogen) atoms. The zero-order chi connectivity index (χ0) is 11.7. The molecule has 2 rings (SSSR count). The largest absolute Gasteiger partial charge is 0.345 e. The van der Waals surface area contributed by atoms with E-state index in [1.54, 1.807) is 4.90 Å². The summed E-state index contributed by atoms with van der Waals surface area (Å²) in [5.74, 6) is 0.689. The highest BCUT2D eigenvalue weighted by atomic mass is 16.2. The summed E-state index contributed by atoms with van der Waals surface area (Å²) in [6.07, 6.45) is 2.77. The second-order valence-corrected chi connectivity index (χ2v) is 4.77. The van der Waals surface area contributed by atoms with Crippen LogP contribution in [0.5, 0.6) is 0 Å². The molecule has 3 heteroatoms. The monoisotopic (exact) mass is 218 g/mol. The Morgan fingerprint density at radius 1 is 1.44 bits per heavy atom. The number of aromatic nitrogens is 1. The van der Waals surface area contributed by atoms with Crippen LogP contribution in [0.25, 0.3) is 0 Å². The fourth-order valence-corrected chi connectivity index (χ4v) is 2.10. The lowest BCUT2D eigenvalue weighted by molar-refractivity contribution is -0.127. The molecule has 1 aromatic rings. The molecular weight excluding hydrogens is 200 g/mol. The van der Waals surface area contributed by atoms with E-state index in [2.05, 4.69) is 18.8 Å². The van der Waals surface area contributed by atoms with Gasteiger partial charge in [-0.05, 0) is 24.0 Å². The lowest BCUT2D eigenvalue weighted by atomic mass is 9.98. The number of likely N-dealkylation sites (N-methyl/N-ethyl adjacent to an activating group) is 1. The summed E-state index contributed by atoms with van der Waals surface area (Å²) in [6.45, 7) is 5.10. The number of likely N-dealkylation sites (tertiary alicyclic amines) is 1. The SMILES string of the molecule is CC(C)c1ccc([C@H]2CCN(C)C2=O)cn1. The summed E-state index contributed by atoms with van der Waals surface area (Å²) in [4.78, 5) is 18.0. The minimum Gasteiger partial charge on any atom is -0.345 e. The molecule has 1 saturated heterocycles. The number of rotatable bonds is 2. The highest BCUT2D eigenvalue weighted by Crippen LogP contribution is 2.27. The number of carbonyl (C=O) groups is 1. The number of pyridine rings is 1. The van der Waals surface area contributed by atoms with Crippen molar-refractivity contribution in [3.63, 3.8) is 0 Å². The standard InChI is InChI=1S/C13H18N2O/c1-9(2)12-5-4-10(8-14-12)11-6-7-15(3)13(11)16/h4-5,8-9,11H,6-7H2,1-3H3/t11-/m1/s1. The van der Waals surface area contributed by atoms with Crippen LogP contribution in [-0.4, -0.2) is 29.4 Å². The molecule has 1 aromatic heterocycles. The molecule has 3 nitrogen and oxygen atoms in total. The molecular formula is C13H18N2O. The lowest BCUT2D eigenvalue weighted by Crippen LogP contribution is -2.21. The highest BCUT2D eigenvalue weighted by molar-refractivity contribution is 5.85.